The van der Waals surface area contributed by atoms with E-state index in [2.05, 4.69) is 14.9 Å². The van der Waals surface area contributed by atoms with E-state index in [0.29, 0.717) is 27.7 Å². The summed E-state index contributed by atoms with van der Waals surface area (Å²) in [4.78, 5) is 12.9. The predicted molar refractivity (Wildman–Crippen MR) is 84.0 cm³/mol. The van der Waals surface area contributed by atoms with Crippen LogP contribution in [0, 0.1) is 0 Å². The van der Waals surface area contributed by atoms with Gasteiger partial charge >= 0.3 is 0 Å². The van der Waals surface area contributed by atoms with Gasteiger partial charge in [-0.25, -0.2) is 0 Å². The first kappa shape index (κ1) is 15.2. The van der Waals surface area contributed by atoms with Gasteiger partial charge in [0.25, 0.3) is 5.91 Å². The number of carbonyl (C=O) groups is 1. The average Bonchev–Trinajstić information content (AvgIpc) is 2.90. The van der Waals surface area contributed by atoms with E-state index in [1.165, 1.54) is 0 Å². The molecule has 2 aromatic rings. The summed E-state index contributed by atoms with van der Waals surface area (Å²) < 4.78 is 8.96. The van der Waals surface area contributed by atoms with Gasteiger partial charge in [0.15, 0.2) is 0 Å². The first-order valence-corrected chi connectivity index (χ1v) is 7.18. The Morgan fingerprint density at radius 3 is 2.67 bits per heavy atom. The van der Waals surface area contributed by atoms with Gasteiger partial charge < -0.3 is 15.8 Å². The number of methoxy groups -OCH3 is 1. The van der Waals surface area contributed by atoms with Crippen molar-refractivity contribution in [3.8, 4) is 5.75 Å². The van der Waals surface area contributed by atoms with Crippen LogP contribution in [0.5, 0.6) is 5.75 Å². The SMILES string of the molecule is COc1ccc(NC(=O)c2snnc2C(C)(C)C)c(N)c1. The van der Waals surface area contributed by atoms with Crippen molar-refractivity contribution in [3.63, 3.8) is 0 Å². The summed E-state index contributed by atoms with van der Waals surface area (Å²) >= 11 is 1.08. The minimum Gasteiger partial charge on any atom is -0.497 e. The van der Waals surface area contributed by atoms with Crippen LogP contribution < -0.4 is 15.8 Å². The summed E-state index contributed by atoms with van der Waals surface area (Å²) in [6.07, 6.45) is 0. The van der Waals surface area contributed by atoms with Crippen LogP contribution in [0.1, 0.15) is 36.1 Å². The second kappa shape index (κ2) is 5.69. The minimum atomic E-state index is -0.258. The van der Waals surface area contributed by atoms with E-state index < -0.39 is 0 Å². The number of aromatic nitrogens is 2. The number of nitrogens with two attached hydrogens (primary N) is 1. The molecule has 1 heterocycles. The van der Waals surface area contributed by atoms with E-state index in [4.69, 9.17) is 10.5 Å². The van der Waals surface area contributed by atoms with Crippen molar-refractivity contribution < 1.29 is 9.53 Å². The van der Waals surface area contributed by atoms with Crippen LogP contribution >= 0.6 is 11.5 Å². The highest BCUT2D eigenvalue weighted by Gasteiger charge is 2.26. The number of nitrogens with zero attached hydrogens (tertiary/aromatic N) is 2. The maximum Gasteiger partial charge on any atom is 0.269 e. The number of hydrogen-bond acceptors (Lipinski definition) is 6. The van der Waals surface area contributed by atoms with Crippen LogP contribution in [0.3, 0.4) is 0 Å². The van der Waals surface area contributed by atoms with Crippen LogP contribution in [0.25, 0.3) is 0 Å². The molecular formula is C14H18N4O2S. The highest BCUT2D eigenvalue weighted by molar-refractivity contribution is 7.08. The Bertz CT molecular complexity index is 661. The van der Waals surface area contributed by atoms with Gasteiger partial charge in [-0.3, -0.25) is 4.79 Å². The van der Waals surface area contributed by atoms with Crippen molar-refractivity contribution in [2.75, 3.05) is 18.2 Å². The Kier molecular flexibility index (Phi) is 4.13. The Morgan fingerprint density at radius 2 is 2.10 bits per heavy atom. The van der Waals surface area contributed by atoms with Crippen molar-refractivity contribution in [1.82, 2.24) is 9.59 Å². The lowest BCUT2D eigenvalue weighted by molar-refractivity contribution is 0.102. The molecule has 0 aliphatic carbocycles. The molecular weight excluding hydrogens is 288 g/mol. The molecule has 2 rings (SSSR count). The topological polar surface area (TPSA) is 90.1 Å². The molecule has 6 nitrogen and oxygen atoms in total. The zero-order chi connectivity index (χ0) is 15.6. The van der Waals surface area contributed by atoms with E-state index >= 15 is 0 Å². The molecule has 0 aliphatic rings. The zero-order valence-corrected chi connectivity index (χ0v) is 13.2. The monoisotopic (exact) mass is 306 g/mol. The number of hydrogen-bond donors (Lipinski definition) is 2. The molecule has 0 unspecified atom stereocenters. The lowest BCUT2D eigenvalue weighted by atomic mass is 9.91. The first-order chi connectivity index (χ1) is 9.82. The quantitative estimate of drug-likeness (QED) is 0.851. The first-order valence-electron chi connectivity index (χ1n) is 6.40. The van der Waals surface area contributed by atoms with E-state index in [1.807, 2.05) is 20.8 Å². The van der Waals surface area contributed by atoms with Crippen LogP contribution in [-0.4, -0.2) is 22.6 Å². The fourth-order valence-corrected chi connectivity index (χ4v) is 2.56. The molecule has 0 radical (unpaired) electrons. The fourth-order valence-electron chi connectivity index (χ4n) is 1.79. The molecule has 0 saturated carbocycles. The molecule has 0 saturated heterocycles. The highest BCUT2D eigenvalue weighted by atomic mass is 32.1. The summed E-state index contributed by atoms with van der Waals surface area (Å²) in [5.74, 6) is 0.382. The van der Waals surface area contributed by atoms with Gasteiger partial charge in [0.2, 0.25) is 0 Å². The third-order valence-corrected chi connectivity index (χ3v) is 3.64. The molecule has 1 amide bonds. The van der Waals surface area contributed by atoms with Gasteiger partial charge in [0.1, 0.15) is 10.6 Å². The van der Waals surface area contributed by atoms with E-state index in [-0.39, 0.29) is 11.3 Å². The van der Waals surface area contributed by atoms with Crippen molar-refractivity contribution in [3.05, 3.63) is 28.8 Å². The van der Waals surface area contributed by atoms with Gasteiger partial charge in [-0.2, -0.15) is 0 Å². The van der Waals surface area contributed by atoms with Gasteiger partial charge in [0, 0.05) is 11.5 Å². The summed E-state index contributed by atoms with van der Waals surface area (Å²) in [7, 11) is 1.56. The molecule has 0 aliphatic heterocycles. The molecule has 0 spiro atoms. The number of benzene rings is 1. The highest BCUT2D eigenvalue weighted by Crippen LogP contribution is 2.28. The standard InChI is InChI=1S/C14H18N4O2S/c1-14(2,3)12-11(21-18-17-12)13(19)16-10-6-5-8(20-4)7-9(10)15/h5-7H,15H2,1-4H3,(H,16,19). The normalized spacial score (nSPS) is 11.2. The average molecular weight is 306 g/mol. The van der Waals surface area contributed by atoms with Gasteiger partial charge in [-0.1, -0.05) is 25.3 Å². The van der Waals surface area contributed by atoms with Crippen LogP contribution in [-0.2, 0) is 5.41 Å². The lowest BCUT2D eigenvalue weighted by Gasteiger charge is -2.16. The number of anilines is 2. The van der Waals surface area contributed by atoms with E-state index in [1.54, 1.807) is 25.3 Å². The van der Waals surface area contributed by atoms with Crippen LogP contribution in [0.2, 0.25) is 0 Å². The van der Waals surface area contributed by atoms with Crippen LogP contribution in [0.15, 0.2) is 18.2 Å². The van der Waals surface area contributed by atoms with Crippen molar-refractivity contribution in [1.29, 1.82) is 0 Å². The molecule has 1 aromatic carbocycles. The third kappa shape index (κ3) is 3.30. The summed E-state index contributed by atoms with van der Waals surface area (Å²) in [5, 5.41) is 6.84. The molecule has 21 heavy (non-hydrogen) atoms. The Hall–Kier alpha value is -2.15. The van der Waals surface area contributed by atoms with Crippen molar-refractivity contribution >= 4 is 28.8 Å². The Balaban J connectivity index is 2.25. The second-order valence-electron chi connectivity index (χ2n) is 5.61. The molecule has 1 aromatic heterocycles. The lowest BCUT2D eigenvalue weighted by Crippen LogP contribution is -2.20. The fraction of sp³-hybridized carbons (Fsp3) is 0.357. The number of rotatable bonds is 3. The maximum absolute atomic E-state index is 12.4. The number of ether oxygens (including phenoxy) is 1. The van der Waals surface area contributed by atoms with Crippen molar-refractivity contribution in [2.45, 2.75) is 26.2 Å². The maximum atomic E-state index is 12.4. The van der Waals surface area contributed by atoms with Gasteiger partial charge in [-0.15, -0.1) is 5.10 Å². The summed E-state index contributed by atoms with van der Waals surface area (Å²) in [6.45, 7) is 5.97. The molecule has 3 N–H and O–H groups in total. The molecule has 0 atom stereocenters. The third-order valence-electron chi connectivity index (χ3n) is 2.91. The van der Waals surface area contributed by atoms with Gasteiger partial charge in [0.05, 0.1) is 24.2 Å². The molecule has 0 bridgehead atoms. The molecule has 0 fully saturated rings. The Labute approximate surface area is 127 Å². The number of nitrogen functional groups attached to an aromatic ring is 1. The molecule has 112 valence electrons. The summed E-state index contributed by atoms with van der Waals surface area (Å²) in [6, 6.07) is 5.10. The second-order valence-corrected chi connectivity index (χ2v) is 6.36. The smallest absolute Gasteiger partial charge is 0.269 e. The van der Waals surface area contributed by atoms with E-state index in [9.17, 15) is 4.79 Å². The predicted octanol–water partition coefficient (Wildman–Crippen LogP) is 2.68. The zero-order valence-electron chi connectivity index (χ0n) is 12.4. The van der Waals surface area contributed by atoms with Gasteiger partial charge in [-0.05, 0) is 23.7 Å². The number of nitrogens with one attached hydrogen (secondary N) is 1. The van der Waals surface area contributed by atoms with E-state index in [0.717, 1.165) is 11.5 Å². The molecule has 7 heteroatoms. The summed E-state index contributed by atoms with van der Waals surface area (Å²) in [5.41, 5.74) is 7.31. The number of amides is 1. The number of carbonyl (C=O) groups excluding carboxylic acids is 1. The largest absolute Gasteiger partial charge is 0.497 e. The minimum absolute atomic E-state index is 0.245. The van der Waals surface area contributed by atoms with Crippen LogP contribution in [0.4, 0.5) is 11.4 Å². The Morgan fingerprint density at radius 1 is 1.38 bits per heavy atom. The van der Waals surface area contributed by atoms with Crippen molar-refractivity contribution in [2.24, 2.45) is 0 Å².